The van der Waals surface area contributed by atoms with Crippen molar-refractivity contribution in [2.24, 2.45) is 0 Å². The van der Waals surface area contributed by atoms with Gasteiger partial charge in [0.25, 0.3) is 0 Å². The van der Waals surface area contributed by atoms with Crippen LogP contribution in [0.3, 0.4) is 0 Å². The fourth-order valence-electron chi connectivity index (χ4n) is 6.39. The first-order valence-electron chi connectivity index (χ1n) is 25.1. The summed E-state index contributed by atoms with van der Waals surface area (Å²) in [6, 6.07) is 0. The quantitative estimate of drug-likeness (QED) is 0.0200. The molecule has 0 radical (unpaired) electrons. The average Bonchev–Trinajstić information content (AvgIpc) is 3.28. The first kappa shape index (κ1) is 58.8. The zero-order valence-electron chi connectivity index (χ0n) is 40.3. The molecular weight excluding hydrogens is 781 g/mol. The molecular formula is C57H90O6. The number of hydrogen-bond donors (Lipinski definition) is 0. The Kier molecular flexibility index (Phi) is 47.1. The standard InChI is InChI=1S/C57H90O6/c1-4-7-10-13-16-19-22-25-27-28-30-32-35-38-41-44-47-50-56(59)62-53-54(52-61-55(58)49-46-43-40-37-34-31-24-21-18-15-12-9-6-3)63-57(60)51-48-45-42-39-36-33-29-26-23-20-17-14-11-8-5-2/h7,9-10,12,15-16,18-19,21,24-25,27,30-32,34,37-38,40-41,54H,4-6,8,11,13-14,17,20,22-23,26,28-29,33,35-36,39,42-53H2,1-3H3/b10-7-,12-9-,18-15-,19-16-,24-21-,27-25-,32-30-,34-31-,40-37-,41-38-. The smallest absolute Gasteiger partial charge is 0.306 e. The Morgan fingerprint density at radius 3 is 1.14 bits per heavy atom. The Labute approximate surface area is 386 Å². The molecule has 0 aliphatic carbocycles. The van der Waals surface area contributed by atoms with Gasteiger partial charge >= 0.3 is 17.9 Å². The van der Waals surface area contributed by atoms with E-state index >= 15 is 0 Å². The molecule has 63 heavy (non-hydrogen) atoms. The maximum Gasteiger partial charge on any atom is 0.306 e. The fraction of sp³-hybridized carbons (Fsp3) is 0.596. The first-order chi connectivity index (χ1) is 31.0. The van der Waals surface area contributed by atoms with Crippen molar-refractivity contribution < 1.29 is 28.6 Å². The molecule has 0 amide bonds. The third-order valence-corrected chi connectivity index (χ3v) is 10.1. The van der Waals surface area contributed by atoms with E-state index in [1.807, 2.05) is 54.7 Å². The summed E-state index contributed by atoms with van der Waals surface area (Å²) >= 11 is 0. The highest BCUT2D eigenvalue weighted by Crippen LogP contribution is 2.14. The predicted octanol–water partition coefficient (Wildman–Crippen LogP) is 16.5. The maximum atomic E-state index is 12.8. The normalized spacial score (nSPS) is 13.1. The van der Waals surface area contributed by atoms with Crippen molar-refractivity contribution in [1.29, 1.82) is 0 Å². The van der Waals surface area contributed by atoms with E-state index in [4.69, 9.17) is 14.2 Å². The van der Waals surface area contributed by atoms with Gasteiger partial charge in [-0.1, -0.05) is 232 Å². The largest absolute Gasteiger partial charge is 0.462 e. The van der Waals surface area contributed by atoms with Crippen LogP contribution in [0.1, 0.15) is 201 Å². The lowest BCUT2D eigenvalue weighted by atomic mass is 10.0. The lowest BCUT2D eigenvalue weighted by molar-refractivity contribution is -0.167. The third kappa shape index (κ3) is 48.7. The lowest BCUT2D eigenvalue weighted by Gasteiger charge is -2.18. The highest BCUT2D eigenvalue weighted by Gasteiger charge is 2.19. The molecule has 0 aromatic rings. The number of carbonyl (C=O) groups excluding carboxylic acids is 3. The Balaban J connectivity index is 4.58. The number of esters is 3. The van der Waals surface area contributed by atoms with Gasteiger partial charge in [0.2, 0.25) is 0 Å². The van der Waals surface area contributed by atoms with Gasteiger partial charge in [0.1, 0.15) is 13.2 Å². The van der Waals surface area contributed by atoms with Crippen LogP contribution in [0.25, 0.3) is 0 Å². The van der Waals surface area contributed by atoms with Crippen molar-refractivity contribution in [2.45, 2.75) is 207 Å². The van der Waals surface area contributed by atoms with Crippen LogP contribution in [0.15, 0.2) is 122 Å². The molecule has 0 spiro atoms. The van der Waals surface area contributed by atoms with E-state index in [1.54, 1.807) is 0 Å². The number of allylic oxidation sites excluding steroid dienone is 20. The minimum Gasteiger partial charge on any atom is -0.462 e. The van der Waals surface area contributed by atoms with E-state index in [0.717, 1.165) is 70.6 Å². The van der Waals surface area contributed by atoms with Gasteiger partial charge in [0.05, 0.1) is 0 Å². The lowest BCUT2D eigenvalue weighted by Crippen LogP contribution is -2.30. The van der Waals surface area contributed by atoms with Gasteiger partial charge in [-0.15, -0.1) is 0 Å². The van der Waals surface area contributed by atoms with Crippen molar-refractivity contribution in [1.82, 2.24) is 0 Å². The predicted molar refractivity (Wildman–Crippen MR) is 269 cm³/mol. The second-order valence-electron chi connectivity index (χ2n) is 16.1. The van der Waals surface area contributed by atoms with E-state index < -0.39 is 6.10 Å². The van der Waals surface area contributed by atoms with Gasteiger partial charge in [-0.2, -0.15) is 0 Å². The second-order valence-corrected chi connectivity index (χ2v) is 16.1. The Morgan fingerprint density at radius 1 is 0.349 bits per heavy atom. The number of rotatable bonds is 43. The summed E-state index contributed by atoms with van der Waals surface area (Å²) in [6.07, 6.45) is 69.1. The van der Waals surface area contributed by atoms with E-state index in [0.29, 0.717) is 19.3 Å². The van der Waals surface area contributed by atoms with Crippen LogP contribution in [0.2, 0.25) is 0 Å². The second kappa shape index (κ2) is 50.5. The molecule has 0 N–H and O–H groups in total. The molecule has 6 nitrogen and oxygen atoms in total. The summed E-state index contributed by atoms with van der Waals surface area (Å²) in [5.74, 6) is -1.07. The molecule has 0 aromatic heterocycles. The number of hydrogen-bond acceptors (Lipinski definition) is 6. The van der Waals surface area contributed by atoms with Crippen molar-refractivity contribution in [3.05, 3.63) is 122 Å². The zero-order chi connectivity index (χ0) is 45.8. The summed E-state index contributed by atoms with van der Waals surface area (Å²) in [4.78, 5) is 37.9. The minimum atomic E-state index is -0.830. The molecule has 0 aliphatic rings. The van der Waals surface area contributed by atoms with E-state index in [-0.39, 0.29) is 44.0 Å². The Morgan fingerprint density at radius 2 is 0.698 bits per heavy atom. The summed E-state index contributed by atoms with van der Waals surface area (Å²) in [5, 5.41) is 0. The Bertz CT molecular complexity index is 1370. The van der Waals surface area contributed by atoms with E-state index in [1.165, 1.54) is 77.0 Å². The molecule has 0 bridgehead atoms. The molecule has 1 unspecified atom stereocenters. The van der Waals surface area contributed by atoms with Crippen LogP contribution in [-0.2, 0) is 28.6 Å². The van der Waals surface area contributed by atoms with Crippen LogP contribution in [0.4, 0.5) is 0 Å². The van der Waals surface area contributed by atoms with Gasteiger partial charge in [0, 0.05) is 19.3 Å². The molecule has 0 aromatic carbocycles. The van der Waals surface area contributed by atoms with E-state index in [9.17, 15) is 14.4 Å². The molecule has 0 heterocycles. The summed E-state index contributed by atoms with van der Waals surface area (Å²) in [7, 11) is 0. The topological polar surface area (TPSA) is 78.9 Å². The third-order valence-electron chi connectivity index (χ3n) is 10.1. The highest BCUT2D eigenvalue weighted by atomic mass is 16.6. The summed E-state index contributed by atoms with van der Waals surface area (Å²) < 4.78 is 16.7. The minimum absolute atomic E-state index is 0.132. The van der Waals surface area contributed by atoms with Gasteiger partial charge in [0.15, 0.2) is 6.10 Å². The monoisotopic (exact) mass is 871 g/mol. The first-order valence-corrected chi connectivity index (χ1v) is 25.1. The van der Waals surface area contributed by atoms with Gasteiger partial charge in [-0.3, -0.25) is 14.4 Å². The molecule has 354 valence electrons. The fourth-order valence-corrected chi connectivity index (χ4v) is 6.39. The molecule has 0 rings (SSSR count). The molecule has 0 saturated heterocycles. The van der Waals surface area contributed by atoms with Crippen LogP contribution in [-0.4, -0.2) is 37.2 Å². The van der Waals surface area contributed by atoms with E-state index in [2.05, 4.69) is 87.6 Å². The van der Waals surface area contributed by atoms with Crippen LogP contribution in [0, 0.1) is 0 Å². The SMILES string of the molecule is CC\C=C/C=C\C=C/C=C\C=C/CCCC(=O)OCC(COC(=O)CCC/C=C\C/C=C\C/C=C\C/C=C\C/C=C\CC)OC(=O)CCCCCCCCCCCCCCCCC. The molecule has 1 atom stereocenters. The summed E-state index contributed by atoms with van der Waals surface area (Å²) in [6.45, 7) is 6.25. The summed E-state index contributed by atoms with van der Waals surface area (Å²) in [5.41, 5.74) is 0. The van der Waals surface area contributed by atoms with Crippen molar-refractivity contribution in [3.63, 3.8) is 0 Å². The van der Waals surface area contributed by atoms with Crippen LogP contribution < -0.4 is 0 Å². The van der Waals surface area contributed by atoms with Crippen LogP contribution >= 0.6 is 0 Å². The zero-order valence-corrected chi connectivity index (χ0v) is 40.3. The van der Waals surface area contributed by atoms with Gasteiger partial charge < -0.3 is 14.2 Å². The van der Waals surface area contributed by atoms with Crippen LogP contribution in [0.5, 0.6) is 0 Å². The number of ether oxygens (including phenoxy) is 3. The molecule has 6 heteroatoms. The van der Waals surface area contributed by atoms with Gasteiger partial charge in [-0.25, -0.2) is 0 Å². The molecule has 0 aliphatic heterocycles. The Hall–Kier alpha value is -4.19. The van der Waals surface area contributed by atoms with Crippen molar-refractivity contribution in [2.75, 3.05) is 13.2 Å². The highest BCUT2D eigenvalue weighted by molar-refractivity contribution is 5.71. The molecule has 0 saturated carbocycles. The van der Waals surface area contributed by atoms with Crippen molar-refractivity contribution >= 4 is 17.9 Å². The maximum absolute atomic E-state index is 12.8. The molecule has 0 fully saturated rings. The van der Waals surface area contributed by atoms with Gasteiger partial charge in [-0.05, 0) is 70.6 Å². The number of unbranched alkanes of at least 4 members (excludes halogenated alkanes) is 16. The average molecular weight is 871 g/mol. The number of carbonyl (C=O) groups is 3. The van der Waals surface area contributed by atoms with Crippen molar-refractivity contribution in [3.8, 4) is 0 Å².